The number of amides is 1. The molecule has 1 aromatic heterocycles. The number of hydrogen-bond donors (Lipinski definition) is 1. The minimum Gasteiger partial charge on any atom is -0.480 e. The van der Waals surface area contributed by atoms with Crippen LogP contribution in [0.25, 0.3) is 10.9 Å². The summed E-state index contributed by atoms with van der Waals surface area (Å²) in [6.07, 6.45) is 1.95. The van der Waals surface area contributed by atoms with Gasteiger partial charge in [-0.3, -0.25) is 14.5 Å². The van der Waals surface area contributed by atoms with Gasteiger partial charge >= 0.3 is 5.97 Å². The van der Waals surface area contributed by atoms with Crippen LogP contribution in [0.4, 0.5) is 0 Å². The van der Waals surface area contributed by atoms with Gasteiger partial charge in [0.15, 0.2) is 0 Å². The van der Waals surface area contributed by atoms with Gasteiger partial charge in [-0.1, -0.05) is 18.2 Å². The molecule has 3 heterocycles. The van der Waals surface area contributed by atoms with Gasteiger partial charge in [0.1, 0.15) is 6.54 Å². The SMILES string of the molecule is O=C(O)CN1C[C@H]2COC[C@@H]1CN(C(=O)Cn1ccc3ccccc31)C2. The van der Waals surface area contributed by atoms with E-state index in [-0.39, 0.29) is 24.4 Å². The third kappa shape index (κ3) is 3.45. The molecule has 2 atom stereocenters. The molecule has 2 fully saturated rings. The Morgan fingerprint density at radius 1 is 1.08 bits per heavy atom. The minimum atomic E-state index is -0.839. The van der Waals surface area contributed by atoms with E-state index in [4.69, 9.17) is 9.84 Å². The van der Waals surface area contributed by atoms with Crippen molar-refractivity contribution in [2.45, 2.75) is 12.6 Å². The highest BCUT2D eigenvalue weighted by atomic mass is 16.5. The molecule has 2 saturated heterocycles. The minimum absolute atomic E-state index is 0.00516. The van der Waals surface area contributed by atoms with Gasteiger partial charge in [0.05, 0.1) is 25.8 Å². The van der Waals surface area contributed by atoms with E-state index in [1.165, 1.54) is 0 Å². The zero-order valence-corrected chi connectivity index (χ0v) is 14.6. The third-order valence-corrected chi connectivity index (χ3v) is 5.26. The molecule has 2 aromatic rings. The maximum Gasteiger partial charge on any atom is 0.317 e. The van der Waals surface area contributed by atoms with E-state index >= 15 is 0 Å². The predicted molar refractivity (Wildman–Crippen MR) is 95.8 cm³/mol. The second-order valence-electron chi connectivity index (χ2n) is 7.18. The first-order chi connectivity index (χ1) is 12.6. The number of aliphatic carboxylic acids is 1. The van der Waals surface area contributed by atoms with Crippen LogP contribution in [0.1, 0.15) is 0 Å². The van der Waals surface area contributed by atoms with E-state index in [1.54, 1.807) is 0 Å². The summed E-state index contributed by atoms with van der Waals surface area (Å²) >= 11 is 0. The first-order valence-corrected chi connectivity index (χ1v) is 8.95. The average Bonchev–Trinajstić information content (AvgIpc) is 2.79. The Morgan fingerprint density at radius 3 is 2.77 bits per heavy atom. The smallest absolute Gasteiger partial charge is 0.317 e. The summed E-state index contributed by atoms with van der Waals surface area (Å²) < 4.78 is 7.66. The summed E-state index contributed by atoms with van der Waals surface area (Å²) in [5, 5.41) is 10.3. The number of nitrogens with zero attached hydrogens (tertiary/aromatic N) is 3. The van der Waals surface area contributed by atoms with Crippen LogP contribution in [-0.2, 0) is 20.9 Å². The van der Waals surface area contributed by atoms with Crippen LogP contribution in [0.5, 0.6) is 0 Å². The number of hydrogen-bond acceptors (Lipinski definition) is 4. The number of carboxylic acid groups (broad SMARTS) is 1. The van der Waals surface area contributed by atoms with E-state index in [0.29, 0.717) is 39.4 Å². The normalized spacial score (nSPS) is 23.8. The molecule has 2 aliphatic heterocycles. The lowest BCUT2D eigenvalue weighted by molar-refractivity contribution is -0.139. The Hall–Kier alpha value is -2.38. The van der Waals surface area contributed by atoms with Crippen molar-refractivity contribution < 1.29 is 19.4 Å². The van der Waals surface area contributed by atoms with E-state index in [0.717, 1.165) is 10.9 Å². The molecule has 1 amide bonds. The summed E-state index contributed by atoms with van der Waals surface area (Å²) in [5.74, 6) is -0.623. The number of para-hydroxylation sites is 1. The van der Waals surface area contributed by atoms with Gasteiger partial charge in [0.25, 0.3) is 0 Å². The number of aromatic nitrogens is 1. The first kappa shape index (κ1) is 17.1. The topological polar surface area (TPSA) is 75.0 Å². The van der Waals surface area contributed by atoms with Crippen molar-refractivity contribution in [2.75, 3.05) is 39.4 Å². The van der Waals surface area contributed by atoms with Crippen molar-refractivity contribution in [1.29, 1.82) is 0 Å². The molecule has 7 nitrogen and oxygen atoms in total. The lowest BCUT2D eigenvalue weighted by Gasteiger charge is -2.30. The Morgan fingerprint density at radius 2 is 1.92 bits per heavy atom. The Kier molecular flexibility index (Phi) is 4.65. The highest BCUT2D eigenvalue weighted by Crippen LogP contribution is 2.21. The summed E-state index contributed by atoms with van der Waals surface area (Å²) in [4.78, 5) is 27.9. The zero-order chi connectivity index (χ0) is 18.1. The lowest BCUT2D eigenvalue weighted by Crippen LogP contribution is -2.47. The molecular weight excluding hydrogens is 334 g/mol. The standard InChI is InChI=1S/C19H23N3O4/c23-18(10-20-6-5-15-3-1-2-4-17(15)20)22-8-14-7-21(11-19(24)25)16(9-22)13-26-12-14/h1-6,14,16H,7-13H2,(H,24,25)/t14-,16+/m1/s1. The number of carboxylic acids is 1. The van der Waals surface area contributed by atoms with Crippen LogP contribution in [0.15, 0.2) is 36.5 Å². The summed E-state index contributed by atoms with van der Waals surface area (Å²) in [5.41, 5.74) is 1.05. The fraction of sp³-hybridized carbons (Fsp3) is 0.474. The maximum atomic E-state index is 13.0. The number of carbonyl (C=O) groups excluding carboxylic acids is 1. The van der Waals surface area contributed by atoms with Crippen molar-refractivity contribution in [3.8, 4) is 0 Å². The van der Waals surface area contributed by atoms with Gasteiger partial charge in [0.2, 0.25) is 5.91 Å². The zero-order valence-electron chi connectivity index (χ0n) is 14.6. The number of rotatable bonds is 4. The van der Waals surface area contributed by atoms with Crippen molar-refractivity contribution in [3.05, 3.63) is 36.5 Å². The number of fused-ring (bicyclic) bond motifs is 4. The molecular formula is C19H23N3O4. The molecule has 0 radical (unpaired) electrons. The lowest BCUT2D eigenvalue weighted by atomic mass is 10.1. The molecule has 138 valence electrons. The fourth-order valence-corrected chi connectivity index (χ4v) is 4.02. The van der Waals surface area contributed by atoms with E-state index in [1.807, 2.05) is 50.9 Å². The van der Waals surface area contributed by atoms with Gasteiger partial charge in [0, 0.05) is 37.3 Å². The Balaban J connectivity index is 1.50. The molecule has 0 unspecified atom stereocenters. The molecule has 4 rings (SSSR count). The quantitative estimate of drug-likeness (QED) is 0.879. The summed E-state index contributed by atoms with van der Waals surface area (Å²) in [7, 11) is 0. The highest BCUT2D eigenvalue weighted by molar-refractivity contribution is 5.83. The molecule has 26 heavy (non-hydrogen) atoms. The van der Waals surface area contributed by atoms with Crippen LogP contribution in [-0.4, -0.2) is 76.8 Å². The largest absolute Gasteiger partial charge is 0.480 e. The van der Waals surface area contributed by atoms with Crippen LogP contribution in [0.3, 0.4) is 0 Å². The van der Waals surface area contributed by atoms with Gasteiger partial charge in [-0.15, -0.1) is 0 Å². The second kappa shape index (κ2) is 7.09. The maximum absolute atomic E-state index is 13.0. The summed E-state index contributed by atoms with van der Waals surface area (Å²) in [6.45, 7) is 3.13. The fourth-order valence-electron chi connectivity index (χ4n) is 4.02. The van der Waals surface area contributed by atoms with E-state index < -0.39 is 5.97 Å². The van der Waals surface area contributed by atoms with Crippen LogP contribution >= 0.6 is 0 Å². The van der Waals surface area contributed by atoms with Crippen LogP contribution in [0, 0.1) is 5.92 Å². The van der Waals surface area contributed by atoms with E-state index in [2.05, 4.69) is 0 Å². The van der Waals surface area contributed by atoms with Gasteiger partial charge in [-0.2, -0.15) is 0 Å². The van der Waals surface area contributed by atoms with Crippen LogP contribution in [0.2, 0.25) is 0 Å². The molecule has 1 N–H and O–H groups in total. The first-order valence-electron chi connectivity index (χ1n) is 8.95. The molecule has 2 aliphatic rings. The Bertz CT molecular complexity index is 818. The van der Waals surface area contributed by atoms with Crippen molar-refractivity contribution in [2.24, 2.45) is 5.92 Å². The van der Waals surface area contributed by atoms with Gasteiger partial charge in [-0.05, 0) is 17.5 Å². The molecule has 1 aromatic carbocycles. The van der Waals surface area contributed by atoms with Gasteiger partial charge in [-0.25, -0.2) is 0 Å². The molecule has 7 heteroatoms. The monoisotopic (exact) mass is 357 g/mol. The number of carbonyl (C=O) groups is 2. The predicted octanol–water partition coefficient (Wildman–Crippen LogP) is 0.885. The molecule has 2 bridgehead atoms. The number of benzene rings is 1. The van der Waals surface area contributed by atoms with E-state index in [9.17, 15) is 9.59 Å². The molecule has 0 aliphatic carbocycles. The third-order valence-electron chi connectivity index (χ3n) is 5.26. The van der Waals surface area contributed by atoms with Crippen LogP contribution < -0.4 is 0 Å². The summed E-state index contributed by atoms with van der Waals surface area (Å²) in [6, 6.07) is 9.96. The molecule has 0 saturated carbocycles. The molecule has 0 spiro atoms. The number of ether oxygens (including phenoxy) is 1. The Labute approximate surface area is 151 Å². The highest BCUT2D eigenvalue weighted by Gasteiger charge is 2.35. The second-order valence-corrected chi connectivity index (χ2v) is 7.18. The average molecular weight is 357 g/mol. The van der Waals surface area contributed by atoms with Crippen molar-refractivity contribution >= 4 is 22.8 Å². The van der Waals surface area contributed by atoms with Crippen molar-refractivity contribution in [1.82, 2.24) is 14.4 Å². The van der Waals surface area contributed by atoms with Gasteiger partial charge < -0.3 is 19.3 Å². The van der Waals surface area contributed by atoms with Crippen molar-refractivity contribution in [3.63, 3.8) is 0 Å².